The van der Waals surface area contributed by atoms with Gasteiger partial charge in [0, 0.05) is 11.3 Å². The number of rotatable bonds is 6. The standard InChI is InChI=1S/C25H26N2O5/c1-15(2)23(17-8-9-20-22(14-17)32-12-11-31-20)27-24(28)18-7-6-16(3)19(13-18)26-25(29)21-5-4-10-30-21/h4-10,13-15,23H,11-12H2,1-3H3,(H,26,29)(H,27,28). The lowest BCUT2D eigenvalue weighted by molar-refractivity contribution is 0.0924. The Bertz CT molecular complexity index is 1120. The van der Waals surface area contributed by atoms with Crippen molar-refractivity contribution < 1.29 is 23.5 Å². The molecule has 0 bridgehead atoms. The van der Waals surface area contributed by atoms with E-state index < -0.39 is 0 Å². The van der Waals surface area contributed by atoms with Crippen LogP contribution in [0.2, 0.25) is 0 Å². The third kappa shape index (κ3) is 4.61. The molecule has 2 N–H and O–H groups in total. The second kappa shape index (κ2) is 9.18. The number of amides is 2. The summed E-state index contributed by atoms with van der Waals surface area (Å²) in [6, 6.07) is 14.0. The van der Waals surface area contributed by atoms with Crippen molar-refractivity contribution in [3.05, 3.63) is 77.2 Å². The molecule has 0 aliphatic carbocycles. The Balaban J connectivity index is 1.53. The highest BCUT2D eigenvalue weighted by atomic mass is 16.6. The Labute approximate surface area is 186 Å². The van der Waals surface area contributed by atoms with Gasteiger partial charge in [0.15, 0.2) is 17.3 Å². The monoisotopic (exact) mass is 434 g/mol. The van der Waals surface area contributed by atoms with Crippen LogP contribution < -0.4 is 20.1 Å². The molecule has 0 spiro atoms. The molecule has 1 aromatic heterocycles. The van der Waals surface area contributed by atoms with Gasteiger partial charge in [-0.3, -0.25) is 9.59 Å². The van der Waals surface area contributed by atoms with Gasteiger partial charge in [-0.25, -0.2) is 0 Å². The smallest absolute Gasteiger partial charge is 0.291 e. The number of ether oxygens (including phenoxy) is 2. The molecule has 1 aliphatic rings. The first kappa shape index (κ1) is 21.5. The molecular formula is C25H26N2O5. The first-order valence-corrected chi connectivity index (χ1v) is 10.6. The average Bonchev–Trinajstić information content (AvgIpc) is 3.33. The Morgan fingerprint density at radius 2 is 1.72 bits per heavy atom. The number of aryl methyl sites for hydroxylation is 1. The van der Waals surface area contributed by atoms with E-state index in [0.717, 1.165) is 11.1 Å². The highest BCUT2D eigenvalue weighted by molar-refractivity contribution is 6.04. The summed E-state index contributed by atoms with van der Waals surface area (Å²) < 4.78 is 16.4. The van der Waals surface area contributed by atoms with Gasteiger partial charge < -0.3 is 24.5 Å². The molecule has 1 unspecified atom stereocenters. The van der Waals surface area contributed by atoms with E-state index in [1.165, 1.54) is 6.26 Å². The van der Waals surface area contributed by atoms with Crippen molar-refractivity contribution in [2.24, 2.45) is 5.92 Å². The summed E-state index contributed by atoms with van der Waals surface area (Å²) >= 11 is 0. The second-order valence-electron chi connectivity index (χ2n) is 8.06. The first-order chi connectivity index (χ1) is 15.4. The van der Waals surface area contributed by atoms with Crippen molar-refractivity contribution in [2.75, 3.05) is 18.5 Å². The number of nitrogens with one attached hydrogen (secondary N) is 2. The van der Waals surface area contributed by atoms with Gasteiger partial charge in [-0.1, -0.05) is 26.0 Å². The predicted octanol–water partition coefficient (Wildman–Crippen LogP) is 4.74. The zero-order valence-corrected chi connectivity index (χ0v) is 18.3. The van der Waals surface area contributed by atoms with E-state index in [1.54, 1.807) is 30.3 Å². The summed E-state index contributed by atoms with van der Waals surface area (Å²) in [4.78, 5) is 25.5. The van der Waals surface area contributed by atoms with Crippen LogP contribution in [0, 0.1) is 12.8 Å². The fourth-order valence-corrected chi connectivity index (χ4v) is 3.60. The Morgan fingerprint density at radius 1 is 0.938 bits per heavy atom. The van der Waals surface area contributed by atoms with Gasteiger partial charge in [0.2, 0.25) is 0 Å². The van der Waals surface area contributed by atoms with Crippen molar-refractivity contribution >= 4 is 17.5 Å². The Kier molecular flexibility index (Phi) is 6.16. The van der Waals surface area contributed by atoms with Gasteiger partial charge in [0.1, 0.15) is 13.2 Å². The summed E-state index contributed by atoms with van der Waals surface area (Å²) in [6.45, 7) is 7.00. The van der Waals surface area contributed by atoms with E-state index >= 15 is 0 Å². The summed E-state index contributed by atoms with van der Waals surface area (Å²) in [5, 5.41) is 5.92. The summed E-state index contributed by atoms with van der Waals surface area (Å²) in [5.41, 5.74) is 2.79. The van der Waals surface area contributed by atoms with Crippen molar-refractivity contribution in [3.63, 3.8) is 0 Å². The predicted molar refractivity (Wildman–Crippen MR) is 120 cm³/mol. The molecule has 1 aliphatic heterocycles. The molecule has 1 atom stereocenters. The van der Waals surface area contributed by atoms with E-state index in [1.807, 2.05) is 39.0 Å². The molecule has 7 heteroatoms. The third-order valence-electron chi connectivity index (χ3n) is 5.37. The summed E-state index contributed by atoms with van der Waals surface area (Å²) in [6.07, 6.45) is 1.44. The van der Waals surface area contributed by atoms with E-state index in [4.69, 9.17) is 13.9 Å². The van der Waals surface area contributed by atoms with Crippen LogP contribution in [0.1, 0.15) is 51.9 Å². The SMILES string of the molecule is Cc1ccc(C(=O)NC(c2ccc3c(c2)OCCO3)C(C)C)cc1NC(=O)c1ccco1. The van der Waals surface area contributed by atoms with Gasteiger partial charge in [-0.15, -0.1) is 0 Å². The molecule has 0 saturated heterocycles. The van der Waals surface area contributed by atoms with Crippen molar-refractivity contribution in [2.45, 2.75) is 26.8 Å². The Morgan fingerprint density at radius 3 is 2.44 bits per heavy atom. The lowest BCUT2D eigenvalue weighted by atomic mass is 9.95. The van der Waals surface area contributed by atoms with Crippen molar-refractivity contribution in [3.8, 4) is 11.5 Å². The van der Waals surface area contributed by atoms with Gasteiger partial charge in [0.05, 0.1) is 12.3 Å². The van der Waals surface area contributed by atoms with Gasteiger partial charge in [-0.05, 0) is 60.4 Å². The molecule has 0 radical (unpaired) electrons. The van der Waals surface area contributed by atoms with Crippen LogP contribution in [0.4, 0.5) is 5.69 Å². The van der Waals surface area contributed by atoms with Crippen LogP contribution in [0.5, 0.6) is 11.5 Å². The maximum atomic E-state index is 13.1. The number of hydrogen-bond donors (Lipinski definition) is 2. The van der Waals surface area contributed by atoms with Gasteiger partial charge in [0.25, 0.3) is 11.8 Å². The lowest BCUT2D eigenvalue weighted by Crippen LogP contribution is -2.32. The molecule has 3 aromatic rings. The zero-order valence-electron chi connectivity index (χ0n) is 18.3. The Hall–Kier alpha value is -3.74. The van der Waals surface area contributed by atoms with Crippen LogP contribution in [-0.2, 0) is 0 Å². The minimum absolute atomic E-state index is 0.144. The molecule has 7 nitrogen and oxygen atoms in total. The molecule has 4 rings (SSSR count). The number of anilines is 1. The zero-order chi connectivity index (χ0) is 22.7. The fourth-order valence-electron chi connectivity index (χ4n) is 3.60. The molecule has 166 valence electrons. The highest BCUT2D eigenvalue weighted by Crippen LogP contribution is 2.34. The minimum atomic E-state index is -0.369. The van der Waals surface area contributed by atoms with Crippen LogP contribution in [0.25, 0.3) is 0 Å². The molecule has 0 fully saturated rings. The van der Waals surface area contributed by atoms with E-state index in [9.17, 15) is 9.59 Å². The van der Waals surface area contributed by atoms with Crippen molar-refractivity contribution in [1.29, 1.82) is 0 Å². The van der Waals surface area contributed by atoms with Crippen LogP contribution >= 0.6 is 0 Å². The van der Waals surface area contributed by atoms with Crippen molar-refractivity contribution in [1.82, 2.24) is 5.32 Å². The van der Waals surface area contributed by atoms with Gasteiger partial charge in [-0.2, -0.15) is 0 Å². The normalized spacial score (nSPS) is 13.5. The van der Waals surface area contributed by atoms with Crippen LogP contribution in [0.3, 0.4) is 0 Å². The van der Waals surface area contributed by atoms with E-state index in [-0.39, 0.29) is 29.5 Å². The third-order valence-corrected chi connectivity index (χ3v) is 5.37. The van der Waals surface area contributed by atoms with E-state index in [0.29, 0.717) is 36.0 Å². The number of carbonyl (C=O) groups is 2. The topological polar surface area (TPSA) is 89.8 Å². The van der Waals surface area contributed by atoms with Gasteiger partial charge >= 0.3 is 0 Å². The maximum Gasteiger partial charge on any atom is 0.291 e. The average molecular weight is 434 g/mol. The second-order valence-corrected chi connectivity index (χ2v) is 8.06. The first-order valence-electron chi connectivity index (χ1n) is 10.6. The summed E-state index contributed by atoms with van der Waals surface area (Å²) in [5.74, 6) is 1.15. The largest absolute Gasteiger partial charge is 0.486 e. The molecule has 2 heterocycles. The molecule has 2 aromatic carbocycles. The van der Waals surface area contributed by atoms with Crippen LogP contribution in [-0.4, -0.2) is 25.0 Å². The maximum absolute atomic E-state index is 13.1. The number of fused-ring (bicyclic) bond motifs is 1. The fraction of sp³-hybridized carbons (Fsp3) is 0.280. The lowest BCUT2D eigenvalue weighted by Gasteiger charge is -2.25. The highest BCUT2D eigenvalue weighted by Gasteiger charge is 2.22. The number of furan rings is 1. The minimum Gasteiger partial charge on any atom is -0.486 e. The number of hydrogen-bond acceptors (Lipinski definition) is 5. The molecule has 2 amide bonds. The van der Waals surface area contributed by atoms with Crippen LogP contribution in [0.15, 0.2) is 59.2 Å². The molecule has 32 heavy (non-hydrogen) atoms. The quantitative estimate of drug-likeness (QED) is 0.585. The number of benzene rings is 2. The molecular weight excluding hydrogens is 408 g/mol. The molecule has 0 saturated carbocycles. The van der Waals surface area contributed by atoms with E-state index in [2.05, 4.69) is 10.6 Å². The summed E-state index contributed by atoms with van der Waals surface area (Å²) in [7, 11) is 0. The number of carbonyl (C=O) groups excluding carboxylic acids is 2.